The van der Waals surface area contributed by atoms with E-state index in [2.05, 4.69) is 6.07 Å². The Bertz CT molecular complexity index is 1430. The second-order valence-electron chi connectivity index (χ2n) is 9.89. The van der Waals surface area contributed by atoms with E-state index in [1.165, 1.54) is 14.2 Å². The number of carbonyl (C=O) groups excluding carboxylic acids is 3. The fraction of sp³-hybridized carbons (Fsp3) is 0.281. The van der Waals surface area contributed by atoms with E-state index in [0.717, 1.165) is 32.7 Å². The van der Waals surface area contributed by atoms with E-state index in [1.807, 2.05) is 78.9 Å². The van der Waals surface area contributed by atoms with E-state index in [-0.39, 0.29) is 24.9 Å². The Balaban J connectivity index is 1.63. The minimum atomic E-state index is -1.62. The SMILES string of the molecule is COC(=O)C(Cc1c2ccccc2cc2ccccc12)(C(=O)OCc1ccccc1)[C@H]1C[C@@H](C(=O)OC)C1. The molecule has 4 aromatic rings. The number of rotatable bonds is 8. The van der Waals surface area contributed by atoms with Gasteiger partial charge in [-0.25, -0.2) is 0 Å². The topological polar surface area (TPSA) is 78.9 Å². The van der Waals surface area contributed by atoms with Crippen molar-refractivity contribution >= 4 is 39.5 Å². The summed E-state index contributed by atoms with van der Waals surface area (Å²) in [5, 5.41) is 3.94. The highest BCUT2D eigenvalue weighted by Gasteiger charge is 2.59. The monoisotopic (exact) mass is 510 g/mol. The number of methoxy groups -OCH3 is 2. The fourth-order valence-corrected chi connectivity index (χ4v) is 5.70. The lowest BCUT2D eigenvalue weighted by Crippen LogP contribution is -2.54. The van der Waals surface area contributed by atoms with E-state index in [0.29, 0.717) is 12.8 Å². The van der Waals surface area contributed by atoms with Crippen LogP contribution in [0.15, 0.2) is 84.9 Å². The molecule has 0 bridgehead atoms. The highest BCUT2D eigenvalue weighted by molar-refractivity contribution is 6.06. The molecule has 1 unspecified atom stereocenters. The van der Waals surface area contributed by atoms with Gasteiger partial charge in [-0.05, 0) is 57.5 Å². The van der Waals surface area contributed by atoms with Gasteiger partial charge in [0.2, 0.25) is 0 Å². The standard InChI is InChI=1S/C32H30O6/c1-36-29(33)24-17-25(18-24)32(30(34)37-2,31(35)38-20-21-10-4-3-5-11-21)19-28-26-14-8-6-12-22(26)16-23-13-7-9-15-27(23)28/h3-16,24-25H,17-20H2,1-2H3/t24-,25+,32?. The first-order chi connectivity index (χ1) is 18.5. The molecule has 1 aliphatic rings. The largest absolute Gasteiger partial charge is 0.469 e. The number of hydrogen-bond acceptors (Lipinski definition) is 6. The van der Waals surface area contributed by atoms with Crippen LogP contribution in [0.4, 0.5) is 0 Å². The molecule has 0 N–H and O–H groups in total. The van der Waals surface area contributed by atoms with Gasteiger partial charge in [-0.15, -0.1) is 0 Å². The summed E-state index contributed by atoms with van der Waals surface area (Å²) < 4.78 is 16.1. The minimum Gasteiger partial charge on any atom is -0.469 e. The van der Waals surface area contributed by atoms with Gasteiger partial charge >= 0.3 is 17.9 Å². The van der Waals surface area contributed by atoms with Gasteiger partial charge < -0.3 is 14.2 Å². The normalized spacial score (nSPS) is 18.3. The zero-order chi connectivity index (χ0) is 26.7. The van der Waals surface area contributed by atoms with Crippen LogP contribution in [0.3, 0.4) is 0 Å². The molecular formula is C32H30O6. The average molecular weight is 511 g/mol. The quantitative estimate of drug-likeness (QED) is 0.132. The lowest BCUT2D eigenvalue weighted by Gasteiger charge is -2.44. The van der Waals surface area contributed by atoms with Crippen molar-refractivity contribution in [3.8, 4) is 0 Å². The highest BCUT2D eigenvalue weighted by Crippen LogP contribution is 2.50. The third-order valence-corrected chi connectivity index (χ3v) is 7.83. The maximum absolute atomic E-state index is 14.1. The van der Waals surface area contributed by atoms with Gasteiger partial charge in [0.25, 0.3) is 0 Å². The minimum absolute atomic E-state index is 0.0296. The Morgan fingerprint density at radius 1 is 0.763 bits per heavy atom. The molecular weight excluding hydrogens is 480 g/mol. The van der Waals surface area contributed by atoms with Crippen LogP contribution in [0, 0.1) is 17.3 Å². The van der Waals surface area contributed by atoms with Crippen molar-refractivity contribution in [2.45, 2.75) is 25.9 Å². The molecule has 38 heavy (non-hydrogen) atoms. The highest BCUT2D eigenvalue weighted by atomic mass is 16.6. The Kier molecular flexibility index (Phi) is 7.14. The molecule has 0 saturated heterocycles. The van der Waals surface area contributed by atoms with Crippen molar-refractivity contribution in [3.63, 3.8) is 0 Å². The third kappa shape index (κ3) is 4.51. The van der Waals surface area contributed by atoms with Crippen LogP contribution >= 0.6 is 0 Å². The van der Waals surface area contributed by atoms with Gasteiger partial charge in [0.15, 0.2) is 5.41 Å². The van der Waals surface area contributed by atoms with E-state index in [1.54, 1.807) is 0 Å². The van der Waals surface area contributed by atoms with Crippen LogP contribution in [0.25, 0.3) is 21.5 Å². The lowest BCUT2D eigenvalue weighted by atomic mass is 9.58. The summed E-state index contributed by atoms with van der Waals surface area (Å²) >= 11 is 0. The molecule has 1 atom stereocenters. The molecule has 4 aromatic carbocycles. The van der Waals surface area contributed by atoms with Crippen molar-refractivity contribution in [3.05, 3.63) is 96.1 Å². The Morgan fingerprint density at radius 3 is 1.92 bits per heavy atom. The van der Waals surface area contributed by atoms with Crippen molar-refractivity contribution in [2.75, 3.05) is 14.2 Å². The Morgan fingerprint density at radius 2 is 1.34 bits per heavy atom. The summed E-state index contributed by atoms with van der Waals surface area (Å²) in [7, 11) is 2.64. The van der Waals surface area contributed by atoms with Crippen LogP contribution in [0.5, 0.6) is 0 Å². The number of hydrogen-bond donors (Lipinski definition) is 0. The molecule has 0 heterocycles. The number of carbonyl (C=O) groups is 3. The van der Waals surface area contributed by atoms with Crippen LogP contribution in [0.2, 0.25) is 0 Å². The van der Waals surface area contributed by atoms with Gasteiger partial charge in [-0.1, -0.05) is 78.9 Å². The first-order valence-corrected chi connectivity index (χ1v) is 12.7. The molecule has 5 rings (SSSR count). The predicted octanol–water partition coefficient (Wildman–Crippen LogP) is 5.64. The van der Waals surface area contributed by atoms with E-state index in [4.69, 9.17) is 14.2 Å². The van der Waals surface area contributed by atoms with Crippen molar-refractivity contribution in [2.24, 2.45) is 17.3 Å². The summed E-state index contributed by atoms with van der Waals surface area (Å²) in [4.78, 5) is 40.0. The molecule has 0 aliphatic heterocycles. The van der Waals surface area contributed by atoms with Crippen molar-refractivity contribution in [1.82, 2.24) is 0 Å². The molecule has 1 fully saturated rings. The molecule has 1 saturated carbocycles. The van der Waals surface area contributed by atoms with Crippen LogP contribution in [-0.4, -0.2) is 32.1 Å². The number of esters is 3. The van der Waals surface area contributed by atoms with Crippen LogP contribution in [0.1, 0.15) is 24.0 Å². The Hall–Kier alpha value is -4.19. The summed E-state index contributed by atoms with van der Waals surface area (Å²) in [6.07, 6.45) is 0.767. The van der Waals surface area contributed by atoms with Gasteiger partial charge in [0, 0.05) is 6.42 Å². The number of ether oxygens (including phenoxy) is 3. The van der Waals surface area contributed by atoms with Crippen molar-refractivity contribution < 1.29 is 28.6 Å². The molecule has 194 valence electrons. The predicted molar refractivity (Wildman–Crippen MR) is 144 cm³/mol. The molecule has 0 spiro atoms. The van der Waals surface area contributed by atoms with Crippen LogP contribution in [-0.2, 0) is 41.6 Å². The summed E-state index contributed by atoms with van der Waals surface area (Å²) in [6, 6.07) is 27.3. The summed E-state index contributed by atoms with van der Waals surface area (Å²) in [5.74, 6) is -2.45. The average Bonchev–Trinajstić information content (AvgIpc) is 2.94. The van der Waals surface area contributed by atoms with Gasteiger partial charge in [0.1, 0.15) is 6.61 Å². The lowest BCUT2D eigenvalue weighted by molar-refractivity contribution is -0.184. The Labute approximate surface area is 221 Å². The zero-order valence-corrected chi connectivity index (χ0v) is 21.5. The summed E-state index contributed by atoms with van der Waals surface area (Å²) in [5.41, 5.74) is 0.0690. The molecule has 6 nitrogen and oxygen atoms in total. The fourth-order valence-electron chi connectivity index (χ4n) is 5.70. The number of benzene rings is 4. The molecule has 1 aliphatic carbocycles. The first-order valence-electron chi connectivity index (χ1n) is 12.7. The van der Waals surface area contributed by atoms with Crippen molar-refractivity contribution in [1.29, 1.82) is 0 Å². The first kappa shape index (κ1) is 25.5. The molecule has 0 radical (unpaired) electrons. The van der Waals surface area contributed by atoms with Gasteiger partial charge in [0.05, 0.1) is 20.1 Å². The maximum Gasteiger partial charge on any atom is 0.324 e. The van der Waals surface area contributed by atoms with Gasteiger partial charge in [-0.2, -0.15) is 0 Å². The van der Waals surface area contributed by atoms with Gasteiger partial charge in [-0.3, -0.25) is 14.4 Å². The van der Waals surface area contributed by atoms with E-state index >= 15 is 0 Å². The number of fused-ring (bicyclic) bond motifs is 2. The van der Waals surface area contributed by atoms with Crippen LogP contribution < -0.4 is 0 Å². The molecule has 0 amide bonds. The van der Waals surface area contributed by atoms with E-state index < -0.39 is 23.3 Å². The zero-order valence-electron chi connectivity index (χ0n) is 21.5. The molecule has 6 heteroatoms. The molecule has 0 aromatic heterocycles. The van der Waals surface area contributed by atoms with E-state index in [9.17, 15) is 14.4 Å². The third-order valence-electron chi connectivity index (χ3n) is 7.83. The maximum atomic E-state index is 14.1. The smallest absolute Gasteiger partial charge is 0.324 e. The second kappa shape index (κ2) is 10.7. The summed E-state index contributed by atoms with van der Waals surface area (Å²) in [6.45, 7) is 0.0296. The second-order valence-corrected chi connectivity index (χ2v) is 9.89.